The minimum Gasteiger partial charge on any atom is -0.455 e. The highest BCUT2D eigenvalue weighted by atomic mass is 16.3. The Morgan fingerprint density at radius 3 is 1.58 bits per heavy atom. The normalized spacial score (nSPS) is 11.8. The SMILES string of the molecule is c1ccc(-c2nc(-c3ccccc3)nc(-c3ccc(-c4cc5c(-c6ccc7c(c6)c6ccccc6n7-c6ccccc6)nc6ccccc6c5c5c4oc4ccccc45)cc3)n2)cc1. The molecule has 4 heterocycles. The quantitative estimate of drug-likeness (QED) is 0.156. The molecule has 0 amide bonds. The molecule has 64 heavy (non-hydrogen) atoms. The van der Waals surface area contributed by atoms with E-state index >= 15 is 0 Å². The molecule has 0 bridgehead atoms. The second-order valence-electron chi connectivity index (χ2n) is 16.2. The van der Waals surface area contributed by atoms with Crippen molar-refractivity contribution in [2.45, 2.75) is 0 Å². The van der Waals surface area contributed by atoms with Crippen LogP contribution in [0.2, 0.25) is 0 Å². The largest absolute Gasteiger partial charge is 0.455 e. The molecule has 0 atom stereocenters. The van der Waals surface area contributed by atoms with Crippen LogP contribution >= 0.6 is 0 Å². The molecule has 298 valence electrons. The standard InChI is InChI=1S/C58H35N5O/c1-4-16-37(17-5-1)56-60-57(38-18-6-2-7-19-38)62-58(61-56)39-30-28-36(29-31-39)45-35-47-52(53-44-24-12-15-27-51(44)64-55(45)53)43-23-10-13-25-48(43)59-54(47)40-32-33-50-46(34-40)42-22-11-14-26-49(42)63(50)41-20-8-3-9-21-41/h1-35H. The predicted octanol–water partition coefficient (Wildman–Crippen LogP) is 14.9. The fourth-order valence-corrected chi connectivity index (χ4v) is 9.48. The van der Waals surface area contributed by atoms with Crippen LogP contribution in [0.5, 0.6) is 0 Å². The van der Waals surface area contributed by atoms with Crippen LogP contribution in [0.3, 0.4) is 0 Å². The van der Waals surface area contributed by atoms with Gasteiger partial charge in [-0.15, -0.1) is 0 Å². The zero-order valence-corrected chi connectivity index (χ0v) is 34.4. The molecule has 0 aliphatic heterocycles. The van der Waals surface area contributed by atoms with E-state index in [1.54, 1.807) is 0 Å². The van der Waals surface area contributed by atoms with Gasteiger partial charge in [0.25, 0.3) is 0 Å². The van der Waals surface area contributed by atoms with E-state index in [0.717, 1.165) is 93.9 Å². The number of para-hydroxylation sites is 4. The Morgan fingerprint density at radius 1 is 0.344 bits per heavy atom. The second-order valence-corrected chi connectivity index (χ2v) is 16.2. The average Bonchev–Trinajstić information content (AvgIpc) is 3.93. The number of nitrogens with zero attached hydrogens (tertiary/aromatic N) is 5. The van der Waals surface area contributed by atoms with Crippen molar-refractivity contribution in [2.75, 3.05) is 0 Å². The van der Waals surface area contributed by atoms with Gasteiger partial charge in [-0.25, -0.2) is 19.9 Å². The molecule has 13 rings (SSSR count). The Bertz CT molecular complexity index is 3880. The minimum atomic E-state index is 0.605. The molecule has 0 saturated carbocycles. The van der Waals surface area contributed by atoms with Gasteiger partial charge in [-0.1, -0.05) is 164 Å². The summed E-state index contributed by atoms with van der Waals surface area (Å²) in [6, 6.07) is 73.8. The molecular weight excluding hydrogens is 783 g/mol. The maximum atomic E-state index is 6.88. The van der Waals surface area contributed by atoms with E-state index in [-0.39, 0.29) is 0 Å². The first kappa shape index (κ1) is 36.0. The van der Waals surface area contributed by atoms with Crippen molar-refractivity contribution in [3.05, 3.63) is 212 Å². The Labute approximate surface area is 367 Å². The average molecular weight is 818 g/mol. The van der Waals surface area contributed by atoms with E-state index in [4.69, 9.17) is 24.4 Å². The molecule has 0 fully saturated rings. The number of rotatable bonds is 6. The zero-order chi connectivity index (χ0) is 42.1. The minimum absolute atomic E-state index is 0.605. The third-order valence-corrected chi connectivity index (χ3v) is 12.4. The van der Waals surface area contributed by atoms with Gasteiger partial charge in [0, 0.05) is 71.2 Å². The van der Waals surface area contributed by atoms with Gasteiger partial charge in [-0.05, 0) is 54.1 Å². The number of furan rings is 1. The molecule has 6 nitrogen and oxygen atoms in total. The van der Waals surface area contributed by atoms with Crippen LogP contribution in [-0.4, -0.2) is 24.5 Å². The summed E-state index contributed by atoms with van der Waals surface area (Å²) in [4.78, 5) is 20.4. The fourth-order valence-electron chi connectivity index (χ4n) is 9.48. The summed E-state index contributed by atoms with van der Waals surface area (Å²) in [7, 11) is 0. The van der Waals surface area contributed by atoms with Gasteiger partial charge in [-0.2, -0.15) is 0 Å². The first-order valence-electron chi connectivity index (χ1n) is 21.5. The van der Waals surface area contributed by atoms with Crippen molar-refractivity contribution in [2.24, 2.45) is 0 Å². The van der Waals surface area contributed by atoms with Crippen LogP contribution in [0.25, 0.3) is 128 Å². The topological polar surface area (TPSA) is 69.6 Å². The predicted molar refractivity (Wildman–Crippen MR) is 261 cm³/mol. The fraction of sp³-hybridized carbons (Fsp3) is 0. The number of benzene rings is 9. The Balaban J connectivity index is 1.04. The molecule has 13 aromatic rings. The van der Waals surface area contributed by atoms with E-state index in [2.05, 4.69) is 150 Å². The highest BCUT2D eigenvalue weighted by Crippen LogP contribution is 2.46. The van der Waals surface area contributed by atoms with Gasteiger partial charge in [-0.3, -0.25) is 0 Å². The highest BCUT2D eigenvalue weighted by Gasteiger charge is 2.23. The molecule has 0 aliphatic rings. The molecule has 0 unspecified atom stereocenters. The molecular formula is C58H35N5O. The zero-order valence-electron chi connectivity index (χ0n) is 34.4. The lowest BCUT2D eigenvalue weighted by Crippen LogP contribution is -2.00. The van der Waals surface area contributed by atoms with Crippen LogP contribution in [0.4, 0.5) is 0 Å². The third kappa shape index (κ3) is 5.73. The molecule has 4 aromatic heterocycles. The molecule has 6 heteroatoms. The van der Waals surface area contributed by atoms with Crippen LogP contribution < -0.4 is 0 Å². The maximum Gasteiger partial charge on any atom is 0.164 e. The summed E-state index contributed by atoms with van der Waals surface area (Å²) >= 11 is 0. The highest BCUT2D eigenvalue weighted by molar-refractivity contribution is 6.30. The van der Waals surface area contributed by atoms with Crippen molar-refractivity contribution in [1.29, 1.82) is 0 Å². The van der Waals surface area contributed by atoms with E-state index in [0.29, 0.717) is 17.5 Å². The van der Waals surface area contributed by atoms with E-state index < -0.39 is 0 Å². The van der Waals surface area contributed by atoms with Crippen molar-refractivity contribution < 1.29 is 4.42 Å². The number of aromatic nitrogens is 5. The lowest BCUT2D eigenvalue weighted by molar-refractivity contribution is 0.670. The number of hydrogen-bond acceptors (Lipinski definition) is 5. The van der Waals surface area contributed by atoms with Crippen molar-refractivity contribution >= 4 is 65.4 Å². The number of hydrogen-bond donors (Lipinski definition) is 0. The Hall–Kier alpha value is -8.74. The number of pyridine rings is 1. The van der Waals surface area contributed by atoms with Gasteiger partial charge >= 0.3 is 0 Å². The van der Waals surface area contributed by atoms with Crippen LogP contribution in [0.15, 0.2) is 217 Å². The molecule has 9 aromatic carbocycles. The summed E-state index contributed by atoms with van der Waals surface area (Å²) in [6.45, 7) is 0. The second kappa shape index (κ2) is 14.4. The van der Waals surface area contributed by atoms with Crippen molar-refractivity contribution in [1.82, 2.24) is 24.5 Å². The first-order chi connectivity index (χ1) is 31.7. The lowest BCUT2D eigenvalue weighted by Gasteiger charge is -2.14. The molecule has 0 N–H and O–H groups in total. The summed E-state index contributed by atoms with van der Waals surface area (Å²) in [5.41, 5.74) is 12.8. The van der Waals surface area contributed by atoms with Crippen LogP contribution in [0.1, 0.15) is 0 Å². The summed E-state index contributed by atoms with van der Waals surface area (Å²) < 4.78 is 9.23. The smallest absolute Gasteiger partial charge is 0.164 e. The van der Waals surface area contributed by atoms with Gasteiger partial charge < -0.3 is 8.98 Å². The summed E-state index contributed by atoms with van der Waals surface area (Å²) in [5.74, 6) is 1.86. The Morgan fingerprint density at radius 2 is 0.875 bits per heavy atom. The summed E-state index contributed by atoms with van der Waals surface area (Å²) in [6.07, 6.45) is 0. The first-order valence-corrected chi connectivity index (χ1v) is 21.5. The molecule has 0 aliphatic carbocycles. The molecule has 0 saturated heterocycles. The van der Waals surface area contributed by atoms with Gasteiger partial charge in [0.2, 0.25) is 0 Å². The Kier molecular flexibility index (Phi) is 8.11. The maximum absolute atomic E-state index is 6.88. The lowest BCUT2D eigenvalue weighted by atomic mass is 9.91. The molecule has 0 spiro atoms. The van der Waals surface area contributed by atoms with Crippen LogP contribution in [0, 0.1) is 0 Å². The number of fused-ring (bicyclic) bond motifs is 10. The monoisotopic (exact) mass is 817 g/mol. The van der Waals surface area contributed by atoms with Crippen LogP contribution in [-0.2, 0) is 0 Å². The van der Waals surface area contributed by atoms with E-state index in [9.17, 15) is 0 Å². The van der Waals surface area contributed by atoms with E-state index in [1.165, 1.54) is 16.3 Å². The van der Waals surface area contributed by atoms with Gasteiger partial charge in [0.15, 0.2) is 17.5 Å². The van der Waals surface area contributed by atoms with Crippen molar-refractivity contribution in [3.8, 4) is 62.2 Å². The van der Waals surface area contributed by atoms with Gasteiger partial charge in [0.1, 0.15) is 11.2 Å². The molecule has 0 radical (unpaired) electrons. The van der Waals surface area contributed by atoms with Gasteiger partial charge in [0.05, 0.1) is 22.2 Å². The third-order valence-electron chi connectivity index (χ3n) is 12.4. The van der Waals surface area contributed by atoms with Crippen molar-refractivity contribution in [3.63, 3.8) is 0 Å². The van der Waals surface area contributed by atoms with E-state index in [1.807, 2.05) is 66.7 Å². The summed E-state index contributed by atoms with van der Waals surface area (Å²) in [5, 5.41) is 7.78.